The Bertz CT molecular complexity index is 585. The maximum atomic E-state index is 12.8. The summed E-state index contributed by atoms with van der Waals surface area (Å²) in [6.07, 6.45) is 1.31. The van der Waals surface area contributed by atoms with Crippen LogP contribution in [0.1, 0.15) is 37.0 Å². The number of rotatable bonds is 2. The first-order chi connectivity index (χ1) is 10.0. The number of carboxylic acid groups (broad SMARTS) is 1. The molecular formula is C16H19NO4. The Labute approximate surface area is 123 Å². The fourth-order valence-corrected chi connectivity index (χ4v) is 3.28. The molecule has 1 N–H and O–H groups in total. The molecule has 1 saturated heterocycles. The van der Waals surface area contributed by atoms with E-state index in [0.29, 0.717) is 26.0 Å². The summed E-state index contributed by atoms with van der Waals surface area (Å²) in [5, 5.41) is 9.45. The number of nitrogens with zero attached hydrogens (tertiary/aromatic N) is 1. The van der Waals surface area contributed by atoms with Crippen molar-refractivity contribution in [1.29, 1.82) is 0 Å². The molecule has 112 valence electrons. The van der Waals surface area contributed by atoms with E-state index in [0.717, 1.165) is 17.5 Å². The molecular weight excluding hydrogens is 270 g/mol. The molecule has 0 spiro atoms. The first kappa shape index (κ1) is 14.1. The highest BCUT2D eigenvalue weighted by atomic mass is 16.5. The SMILES string of the molecule is CC1(C(=O)O)CCCN1C(=O)C1OCCc2ccccc21. The molecule has 0 saturated carbocycles. The molecule has 1 aromatic carbocycles. The second kappa shape index (κ2) is 5.15. The van der Waals surface area contributed by atoms with E-state index < -0.39 is 17.6 Å². The summed E-state index contributed by atoms with van der Waals surface area (Å²) >= 11 is 0. The van der Waals surface area contributed by atoms with Crippen molar-refractivity contribution in [1.82, 2.24) is 4.90 Å². The number of likely N-dealkylation sites (tertiary alicyclic amines) is 1. The normalized spacial score (nSPS) is 28.2. The monoisotopic (exact) mass is 289 g/mol. The van der Waals surface area contributed by atoms with Crippen LogP contribution in [0.25, 0.3) is 0 Å². The van der Waals surface area contributed by atoms with Crippen LogP contribution < -0.4 is 0 Å². The van der Waals surface area contributed by atoms with Crippen molar-refractivity contribution in [3.63, 3.8) is 0 Å². The van der Waals surface area contributed by atoms with Crippen LogP contribution in [0.2, 0.25) is 0 Å². The molecule has 1 aromatic rings. The lowest BCUT2D eigenvalue weighted by atomic mass is 9.94. The first-order valence-electron chi connectivity index (χ1n) is 7.28. The average Bonchev–Trinajstić information content (AvgIpc) is 2.89. The minimum Gasteiger partial charge on any atom is -0.480 e. The van der Waals surface area contributed by atoms with Gasteiger partial charge in [0.2, 0.25) is 0 Å². The summed E-state index contributed by atoms with van der Waals surface area (Å²) in [4.78, 5) is 25.8. The molecule has 2 heterocycles. The molecule has 2 atom stereocenters. The lowest BCUT2D eigenvalue weighted by molar-refractivity contribution is -0.161. The number of carbonyl (C=O) groups is 2. The Morgan fingerprint density at radius 3 is 2.90 bits per heavy atom. The molecule has 2 aliphatic heterocycles. The van der Waals surface area contributed by atoms with E-state index in [-0.39, 0.29) is 5.91 Å². The second-order valence-electron chi connectivity index (χ2n) is 5.87. The van der Waals surface area contributed by atoms with Crippen molar-refractivity contribution >= 4 is 11.9 Å². The number of fused-ring (bicyclic) bond motifs is 1. The topological polar surface area (TPSA) is 66.8 Å². The van der Waals surface area contributed by atoms with Crippen LogP contribution in [-0.4, -0.2) is 40.6 Å². The largest absolute Gasteiger partial charge is 0.480 e. The van der Waals surface area contributed by atoms with Crippen molar-refractivity contribution in [2.24, 2.45) is 0 Å². The van der Waals surface area contributed by atoms with Crippen LogP contribution in [0.5, 0.6) is 0 Å². The van der Waals surface area contributed by atoms with Crippen molar-refractivity contribution in [3.05, 3.63) is 35.4 Å². The summed E-state index contributed by atoms with van der Waals surface area (Å²) in [6.45, 7) is 2.59. The summed E-state index contributed by atoms with van der Waals surface area (Å²) in [5.74, 6) is -1.18. The maximum absolute atomic E-state index is 12.8. The number of hydrogen-bond donors (Lipinski definition) is 1. The smallest absolute Gasteiger partial charge is 0.329 e. The number of aliphatic carboxylic acids is 1. The Morgan fingerprint density at radius 2 is 2.14 bits per heavy atom. The van der Waals surface area contributed by atoms with E-state index in [1.807, 2.05) is 24.3 Å². The van der Waals surface area contributed by atoms with Crippen LogP contribution in [0.15, 0.2) is 24.3 Å². The molecule has 5 nitrogen and oxygen atoms in total. The van der Waals surface area contributed by atoms with Gasteiger partial charge in [-0.25, -0.2) is 4.79 Å². The number of benzene rings is 1. The number of amides is 1. The van der Waals surface area contributed by atoms with Gasteiger partial charge in [-0.05, 0) is 37.3 Å². The third-order valence-electron chi connectivity index (χ3n) is 4.59. The van der Waals surface area contributed by atoms with Gasteiger partial charge in [-0.15, -0.1) is 0 Å². The molecule has 21 heavy (non-hydrogen) atoms. The van der Waals surface area contributed by atoms with Crippen LogP contribution in [0.3, 0.4) is 0 Å². The Hall–Kier alpha value is -1.88. The Morgan fingerprint density at radius 1 is 1.38 bits per heavy atom. The third kappa shape index (κ3) is 2.21. The summed E-state index contributed by atoms with van der Waals surface area (Å²) in [7, 11) is 0. The van der Waals surface area contributed by atoms with Crippen molar-refractivity contribution in [2.75, 3.05) is 13.2 Å². The van der Waals surface area contributed by atoms with E-state index in [4.69, 9.17) is 4.74 Å². The first-order valence-corrected chi connectivity index (χ1v) is 7.28. The molecule has 1 fully saturated rings. The van der Waals surface area contributed by atoms with E-state index in [1.165, 1.54) is 4.90 Å². The van der Waals surface area contributed by atoms with Gasteiger partial charge in [0.05, 0.1) is 6.61 Å². The van der Waals surface area contributed by atoms with Crippen LogP contribution in [0, 0.1) is 0 Å². The summed E-state index contributed by atoms with van der Waals surface area (Å²) in [6, 6.07) is 7.72. The van der Waals surface area contributed by atoms with Crippen LogP contribution >= 0.6 is 0 Å². The van der Waals surface area contributed by atoms with Gasteiger partial charge in [-0.1, -0.05) is 24.3 Å². The van der Waals surface area contributed by atoms with Crippen LogP contribution in [-0.2, 0) is 20.7 Å². The van der Waals surface area contributed by atoms with Crippen molar-refractivity contribution < 1.29 is 19.4 Å². The molecule has 0 radical (unpaired) electrons. The number of hydrogen-bond acceptors (Lipinski definition) is 3. The Balaban J connectivity index is 1.92. The van der Waals surface area contributed by atoms with Gasteiger partial charge in [-0.3, -0.25) is 4.79 Å². The molecule has 0 aromatic heterocycles. The zero-order chi connectivity index (χ0) is 15.0. The predicted octanol–water partition coefficient (Wildman–Crippen LogP) is 1.77. The van der Waals surface area contributed by atoms with Crippen molar-refractivity contribution in [2.45, 2.75) is 37.8 Å². The third-order valence-corrected chi connectivity index (χ3v) is 4.59. The van der Waals surface area contributed by atoms with Crippen LogP contribution in [0.4, 0.5) is 0 Å². The highest BCUT2D eigenvalue weighted by molar-refractivity contribution is 5.90. The number of carboxylic acids is 1. The van der Waals surface area contributed by atoms with Gasteiger partial charge < -0.3 is 14.7 Å². The molecule has 3 rings (SSSR count). The lowest BCUT2D eigenvalue weighted by Gasteiger charge is -2.35. The standard InChI is InChI=1S/C16H19NO4/c1-16(15(19)20)8-4-9-17(16)14(18)13-12-6-3-2-5-11(12)7-10-21-13/h2-3,5-6,13H,4,7-10H2,1H3,(H,19,20). The molecule has 5 heteroatoms. The van der Waals surface area contributed by atoms with Gasteiger partial charge in [0.1, 0.15) is 5.54 Å². The molecule has 2 aliphatic rings. The number of ether oxygens (including phenoxy) is 1. The predicted molar refractivity (Wildman–Crippen MR) is 75.8 cm³/mol. The molecule has 2 unspecified atom stereocenters. The minimum absolute atomic E-state index is 0.232. The fraction of sp³-hybridized carbons (Fsp3) is 0.500. The average molecular weight is 289 g/mol. The highest BCUT2D eigenvalue weighted by Crippen LogP contribution is 2.35. The Kier molecular flexibility index (Phi) is 3.45. The lowest BCUT2D eigenvalue weighted by Crippen LogP contribution is -2.52. The fourth-order valence-electron chi connectivity index (χ4n) is 3.28. The maximum Gasteiger partial charge on any atom is 0.329 e. The van der Waals surface area contributed by atoms with Gasteiger partial charge in [0.25, 0.3) is 5.91 Å². The van der Waals surface area contributed by atoms with E-state index in [9.17, 15) is 14.7 Å². The molecule has 0 aliphatic carbocycles. The zero-order valence-electron chi connectivity index (χ0n) is 12.0. The quantitative estimate of drug-likeness (QED) is 0.901. The van der Waals surface area contributed by atoms with Gasteiger partial charge in [0.15, 0.2) is 6.10 Å². The molecule has 0 bridgehead atoms. The van der Waals surface area contributed by atoms with E-state index in [2.05, 4.69) is 0 Å². The summed E-state index contributed by atoms with van der Waals surface area (Å²) in [5.41, 5.74) is 0.860. The van der Waals surface area contributed by atoms with Gasteiger partial charge in [-0.2, -0.15) is 0 Å². The minimum atomic E-state index is -1.12. The summed E-state index contributed by atoms with van der Waals surface area (Å²) < 4.78 is 5.67. The van der Waals surface area contributed by atoms with Gasteiger partial charge >= 0.3 is 5.97 Å². The zero-order valence-corrected chi connectivity index (χ0v) is 12.0. The van der Waals surface area contributed by atoms with Crippen molar-refractivity contribution in [3.8, 4) is 0 Å². The van der Waals surface area contributed by atoms with E-state index in [1.54, 1.807) is 6.92 Å². The number of carbonyl (C=O) groups excluding carboxylic acids is 1. The van der Waals surface area contributed by atoms with E-state index >= 15 is 0 Å². The molecule has 1 amide bonds. The second-order valence-corrected chi connectivity index (χ2v) is 5.87. The van der Waals surface area contributed by atoms with Gasteiger partial charge in [0, 0.05) is 6.54 Å². The highest BCUT2D eigenvalue weighted by Gasteiger charge is 2.48.